The highest BCUT2D eigenvalue weighted by Gasteiger charge is 2.08. The number of nitrogens with one attached hydrogen (secondary N) is 1. The van der Waals surface area contributed by atoms with Crippen molar-refractivity contribution in [2.45, 2.75) is 13.5 Å². The minimum absolute atomic E-state index is 0.264. The van der Waals surface area contributed by atoms with Crippen LogP contribution >= 0.6 is 23.2 Å². The molecule has 94 valence electrons. The molecule has 0 bridgehead atoms. The third-order valence-electron chi connectivity index (χ3n) is 2.45. The number of hydrogen-bond acceptors (Lipinski definition) is 2. The summed E-state index contributed by atoms with van der Waals surface area (Å²) in [4.78, 5) is 4.18. The van der Waals surface area contributed by atoms with Crippen molar-refractivity contribution in [3.8, 4) is 0 Å². The number of anilines is 1. The minimum atomic E-state index is -0.451. The van der Waals surface area contributed by atoms with Crippen molar-refractivity contribution in [2.24, 2.45) is 0 Å². The first-order valence-corrected chi connectivity index (χ1v) is 6.12. The summed E-state index contributed by atoms with van der Waals surface area (Å²) in [5.41, 5.74) is 2.48. The Balaban J connectivity index is 2.13. The predicted octanol–water partition coefficient (Wildman–Crippen LogP) is 4.45. The van der Waals surface area contributed by atoms with Crippen LogP contribution in [0.2, 0.25) is 10.0 Å². The fraction of sp³-hybridized carbons (Fsp3) is 0.154. The van der Waals surface area contributed by atoms with E-state index in [2.05, 4.69) is 10.3 Å². The zero-order chi connectivity index (χ0) is 13.1. The molecule has 0 saturated heterocycles. The summed E-state index contributed by atoms with van der Waals surface area (Å²) in [6.45, 7) is 2.45. The van der Waals surface area contributed by atoms with Crippen LogP contribution in [0.1, 0.15) is 11.3 Å². The van der Waals surface area contributed by atoms with Crippen LogP contribution in [0.15, 0.2) is 30.5 Å². The van der Waals surface area contributed by atoms with Crippen LogP contribution in [-0.4, -0.2) is 4.98 Å². The zero-order valence-electron chi connectivity index (χ0n) is 9.67. The van der Waals surface area contributed by atoms with E-state index in [0.29, 0.717) is 12.2 Å². The molecular formula is C13H11Cl2FN2. The first-order chi connectivity index (χ1) is 8.56. The molecule has 1 heterocycles. The average Bonchev–Trinajstić information content (AvgIpc) is 2.30. The Morgan fingerprint density at radius 2 is 1.89 bits per heavy atom. The zero-order valence-corrected chi connectivity index (χ0v) is 11.2. The number of aromatic nitrogens is 1. The molecule has 0 radical (unpaired) electrons. The lowest BCUT2D eigenvalue weighted by Crippen LogP contribution is -2.01. The standard InChI is InChI=1S/C13H11Cl2FN2/c1-8-2-3-9(6-17-8)7-18-13-11(14)4-10(16)5-12(13)15/h2-6,18H,7H2,1H3. The second-order valence-electron chi connectivity index (χ2n) is 3.91. The van der Waals surface area contributed by atoms with Gasteiger partial charge in [-0.15, -0.1) is 0 Å². The van der Waals surface area contributed by atoms with Gasteiger partial charge in [-0.1, -0.05) is 29.3 Å². The Morgan fingerprint density at radius 3 is 2.44 bits per heavy atom. The largest absolute Gasteiger partial charge is 0.378 e. The second kappa shape index (κ2) is 5.55. The van der Waals surface area contributed by atoms with Crippen LogP contribution in [0.3, 0.4) is 0 Å². The number of halogens is 3. The SMILES string of the molecule is Cc1ccc(CNc2c(Cl)cc(F)cc2Cl)cn1. The van der Waals surface area contributed by atoms with Gasteiger partial charge in [0.15, 0.2) is 0 Å². The monoisotopic (exact) mass is 284 g/mol. The van der Waals surface area contributed by atoms with E-state index in [4.69, 9.17) is 23.2 Å². The van der Waals surface area contributed by atoms with E-state index in [9.17, 15) is 4.39 Å². The summed E-state index contributed by atoms with van der Waals surface area (Å²) in [5.74, 6) is -0.451. The van der Waals surface area contributed by atoms with E-state index in [-0.39, 0.29) is 10.0 Å². The Labute approximate surface area is 115 Å². The maximum absolute atomic E-state index is 13.0. The van der Waals surface area contributed by atoms with Gasteiger partial charge >= 0.3 is 0 Å². The molecule has 2 aromatic rings. The first kappa shape index (κ1) is 13.1. The fourth-order valence-corrected chi connectivity index (χ4v) is 2.10. The Morgan fingerprint density at radius 1 is 1.22 bits per heavy atom. The van der Waals surface area contributed by atoms with E-state index >= 15 is 0 Å². The van der Waals surface area contributed by atoms with Gasteiger partial charge in [0.05, 0.1) is 15.7 Å². The number of pyridine rings is 1. The molecule has 5 heteroatoms. The van der Waals surface area contributed by atoms with Gasteiger partial charge in [-0.2, -0.15) is 0 Å². The van der Waals surface area contributed by atoms with Gasteiger partial charge in [-0.3, -0.25) is 4.98 Å². The summed E-state index contributed by atoms with van der Waals surface area (Å²) in [6, 6.07) is 6.33. The van der Waals surface area contributed by atoms with Crippen LogP contribution in [0.25, 0.3) is 0 Å². The molecule has 0 aliphatic rings. The number of rotatable bonds is 3. The molecule has 1 aromatic carbocycles. The highest BCUT2D eigenvalue weighted by molar-refractivity contribution is 6.39. The van der Waals surface area contributed by atoms with Crippen molar-refractivity contribution in [1.29, 1.82) is 0 Å². The Kier molecular flexibility index (Phi) is 4.04. The van der Waals surface area contributed by atoms with Crippen LogP contribution < -0.4 is 5.32 Å². The smallest absolute Gasteiger partial charge is 0.126 e. The normalized spacial score (nSPS) is 10.4. The molecule has 0 spiro atoms. The van der Waals surface area contributed by atoms with Crippen molar-refractivity contribution in [3.63, 3.8) is 0 Å². The van der Waals surface area contributed by atoms with Gasteiger partial charge in [-0.25, -0.2) is 4.39 Å². The van der Waals surface area contributed by atoms with E-state index in [1.165, 1.54) is 12.1 Å². The molecule has 0 saturated carbocycles. The molecule has 0 aliphatic heterocycles. The quantitative estimate of drug-likeness (QED) is 0.901. The molecule has 1 N–H and O–H groups in total. The van der Waals surface area contributed by atoms with Gasteiger partial charge in [0, 0.05) is 18.4 Å². The lowest BCUT2D eigenvalue weighted by Gasteiger charge is -2.10. The summed E-state index contributed by atoms with van der Waals surface area (Å²) in [6.07, 6.45) is 1.77. The summed E-state index contributed by atoms with van der Waals surface area (Å²) in [7, 11) is 0. The maximum atomic E-state index is 13.0. The van der Waals surface area contributed by atoms with Crippen molar-refractivity contribution in [1.82, 2.24) is 4.98 Å². The van der Waals surface area contributed by atoms with E-state index in [0.717, 1.165) is 11.3 Å². The molecule has 1 aromatic heterocycles. The molecular weight excluding hydrogens is 274 g/mol. The Bertz CT molecular complexity index is 532. The van der Waals surface area contributed by atoms with Crippen molar-refractivity contribution in [2.75, 3.05) is 5.32 Å². The van der Waals surface area contributed by atoms with Crippen molar-refractivity contribution in [3.05, 3.63) is 57.6 Å². The minimum Gasteiger partial charge on any atom is -0.378 e. The lowest BCUT2D eigenvalue weighted by atomic mass is 10.2. The van der Waals surface area contributed by atoms with Crippen molar-refractivity contribution >= 4 is 28.9 Å². The van der Waals surface area contributed by atoms with Crippen LogP contribution in [0, 0.1) is 12.7 Å². The third kappa shape index (κ3) is 3.12. The van der Waals surface area contributed by atoms with E-state index < -0.39 is 5.82 Å². The van der Waals surface area contributed by atoms with E-state index in [1.54, 1.807) is 6.20 Å². The predicted molar refractivity (Wildman–Crippen MR) is 72.7 cm³/mol. The fourth-order valence-electron chi connectivity index (χ4n) is 1.50. The number of benzene rings is 1. The molecule has 0 fully saturated rings. The molecule has 0 aliphatic carbocycles. The molecule has 2 nitrogen and oxygen atoms in total. The third-order valence-corrected chi connectivity index (χ3v) is 3.04. The number of hydrogen-bond donors (Lipinski definition) is 1. The van der Waals surface area contributed by atoms with Gasteiger partial charge in [0.25, 0.3) is 0 Å². The van der Waals surface area contributed by atoms with Gasteiger partial charge in [0.2, 0.25) is 0 Å². The second-order valence-corrected chi connectivity index (χ2v) is 4.72. The van der Waals surface area contributed by atoms with Crippen LogP contribution in [0.5, 0.6) is 0 Å². The molecule has 0 atom stereocenters. The van der Waals surface area contributed by atoms with E-state index in [1.807, 2.05) is 19.1 Å². The maximum Gasteiger partial charge on any atom is 0.126 e. The first-order valence-electron chi connectivity index (χ1n) is 5.36. The molecule has 2 rings (SSSR count). The van der Waals surface area contributed by atoms with Gasteiger partial charge in [0.1, 0.15) is 5.82 Å². The summed E-state index contributed by atoms with van der Waals surface area (Å²) < 4.78 is 13.0. The Hall–Kier alpha value is -1.32. The van der Waals surface area contributed by atoms with Gasteiger partial charge in [-0.05, 0) is 30.7 Å². The summed E-state index contributed by atoms with van der Waals surface area (Å²) >= 11 is 11.8. The number of aryl methyl sites for hydroxylation is 1. The average molecular weight is 285 g/mol. The highest BCUT2D eigenvalue weighted by Crippen LogP contribution is 2.31. The van der Waals surface area contributed by atoms with Crippen LogP contribution in [0.4, 0.5) is 10.1 Å². The van der Waals surface area contributed by atoms with Crippen LogP contribution in [-0.2, 0) is 6.54 Å². The van der Waals surface area contributed by atoms with Gasteiger partial charge < -0.3 is 5.32 Å². The number of nitrogens with zero attached hydrogens (tertiary/aromatic N) is 1. The molecule has 0 unspecified atom stereocenters. The molecule has 0 amide bonds. The lowest BCUT2D eigenvalue weighted by molar-refractivity contribution is 0.628. The topological polar surface area (TPSA) is 24.9 Å². The van der Waals surface area contributed by atoms with Crippen molar-refractivity contribution < 1.29 is 4.39 Å². The molecule has 18 heavy (non-hydrogen) atoms. The summed E-state index contributed by atoms with van der Waals surface area (Å²) in [5, 5.41) is 3.60. The highest BCUT2D eigenvalue weighted by atomic mass is 35.5.